The van der Waals surface area contributed by atoms with Crippen molar-refractivity contribution < 1.29 is 4.74 Å². The van der Waals surface area contributed by atoms with Gasteiger partial charge < -0.3 is 4.74 Å². The average molecular weight is 332 g/mol. The minimum absolute atomic E-state index is 0.577. The molecule has 0 saturated carbocycles. The molecule has 0 radical (unpaired) electrons. The second-order valence-corrected chi connectivity index (χ2v) is 4.82. The van der Waals surface area contributed by atoms with E-state index in [1.807, 2.05) is 30.3 Å². The van der Waals surface area contributed by atoms with Crippen molar-refractivity contribution in [2.45, 2.75) is 5.33 Å². The molecule has 0 bridgehead atoms. The lowest BCUT2D eigenvalue weighted by Crippen LogP contribution is -1.90. The molecule has 0 spiro atoms. The number of rotatable bonds is 3. The number of halogens is 3. The summed E-state index contributed by atoms with van der Waals surface area (Å²) in [5.41, 5.74) is 1.02. The standard InChI is InChI=1S/C13H9BrCl2O/c14-8-9-5-6-10(15)7-13(9)17-12-4-2-1-3-11(12)16/h1-7H,8H2. The van der Waals surface area contributed by atoms with Gasteiger partial charge >= 0.3 is 0 Å². The highest BCUT2D eigenvalue weighted by Gasteiger charge is 2.07. The minimum atomic E-state index is 0.577. The van der Waals surface area contributed by atoms with Crippen LogP contribution in [0.15, 0.2) is 42.5 Å². The first kappa shape index (κ1) is 12.7. The van der Waals surface area contributed by atoms with Crippen LogP contribution in [0.5, 0.6) is 11.5 Å². The lowest BCUT2D eigenvalue weighted by molar-refractivity contribution is 0.479. The van der Waals surface area contributed by atoms with Crippen molar-refractivity contribution in [3.05, 3.63) is 58.1 Å². The Morgan fingerprint density at radius 3 is 2.47 bits per heavy atom. The summed E-state index contributed by atoms with van der Waals surface area (Å²) in [7, 11) is 0. The van der Waals surface area contributed by atoms with E-state index in [4.69, 9.17) is 27.9 Å². The van der Waals surface area contributed by atoms with E-state index in [0.29, 0.717) is 26.9 Å². The summed E-state index contributed by atoms with van der Waals surface area (Å²) in [6.07, 6.45) is 0. The SMILES string of the molecule is Clc1ccc(CBr)c(Oc2ccccc2Cl)c1. The quantitative estimate of drug-likeness (QED) is 0.657. The summed E-state index contributed by atoms with van der Waals surface area (Å²) in [6, 6.07) is 12.9. The molecule has 0 N–H and O–H groups in total. The fourth-order valence-electron chi connectivity index (χ4n) is 1.38. The Labute approximate surface area is 118 Å². The summed E-state index contributed by atoms with van der Waals surface area (Å²) in [6.45, 7) is 0. The van der Waals surface area contributed by atoms with Gasteiger partial charge in [0.2, 0.25) is 0 Å². The summed E-state index contributed by atoms with van der Waals surface area (Å²) in [4.78, 5) is 0. The van der Waals surface area contributed by atoms with E-state index in [2.05, 4.69) is 15.9 Å². The Balaban J connectivity index is 2.35. The number of alkyl halides is 1. The van der Waals surface area contributed by atoms with Crippen LogP contribution in [0.3, 0.4) is 0 Å². The maximum atomic E-state index is 6.04. The van der Waals surface area contributed by atoms with Crippen molar-refractivity contribution in [2.75, 3.05) is 0 Å². The second-order valence-electron chi connectivity index (χ2n) is 3.42. The van der Waals surface area contributed by atoms with Crippen LogP contribution >= 0.6 is 39.1 Å². The van der Waals surface area contributed by atoms with Crippen LogP contribution in [-0.4, -0.2) is 0 Å². The maximum Gasteiger partial charge on any atom is 0.146 e. The molecule has 0 aromatic heterocycles. The van der Waals surface area contributed by atoms with Crippen LogP contribution in [0.2, 0.25) is 10.0 Å². The molecule has 1 nitrogen and oxygen atoms in total. The van der Waals surface area contributed by atoms with E-state index >= 15 is 0 Å². The molecule has 0 heterocycles. The van der Waals surface area contributed by atoms with Crippen molar-refractivity contribution in [3.63, 3.8) is 0 Å². The summed E-state index contributed by atoms with van der Waals surface area (Å²) in [5.74, 6) is 1.33. The molecular weight excluding hydrogens is 323 g/mol. The van der Waals surface area contributed by atoms with Gasteiger partial charge in [-0.15, -0.1) is 0 Å². The lowest BCUT2D eigenvalue weighted by atomic mass is 10.2. The molecule has 0 amide bonds. The number of hydrogen-bond donors (Lipinski definition) is 0. The molecule has 88 valence electrons. The van der Waals surface area contributed by atoms with Crippen molar-refractivity contribution in [3.8, 4) is 11.5 Å². The van der Waals surface area contributed by atoms with Gasteiger partial charge in [-0.2, -0.15) is 0 Å². The van der Waals surface area contributed by atoms with E-state index in [1.54, 1.807) is 12.1 Å². The molecule has 0 atom stereocenters. The Morgan fingerprint density at radius 1 is 1.00 bits per heavy atom. The Hall–Kier alpha value is -0.700. The number of ether oxygens (including phenoxy) is 1. The van der Waals surface area contributed by atoms with Gasteiger partial charge in [-0.25, -0.2) is 0 Å². The molecule has 4 heteroatoms. The van der Waals surface area contributed by atoms with Crippen LogP contribution < -0.4 is 4.74 Å². The average Bonchev–Trinajstić information content (AvgIpc) is 2.32. The van der Waals surface area contributed by atoms with Gasteiger partial charge in [0.05, 0.1) is 5.02 Å². The zero-order chi connectivity index (χ0) is 12.3. The fraction of sp³-hybridized carbons (Fsp3) is 0.0769. The fourth-order valence-corrected chi connectivity index (χ4v) is 2.18. The molecule has 17 heavy (non-hydrogen) atoms. The van der Waals surface area contributed by atoms with Gasteiger partial charge in [-0.3, -0.25) is 0 Å². The second kappa shape index (κ2) is 5.76. The predicted molar refractivity (Wildman–Crippen MR) is 75.6 cm³/mol. The third-order valence-electron chi connectivity index (χ3n) is 2.23. The molecule has 0 fully saturated rings. The Morgan fingerprint density at radius 2 is 1.76 bits per heavy atom. The highest BCUT2D eigenvalue weighted by molar-refractivity contribution is 9.08. The first-order valence-electron chi connectivity index (χ1n) is 4.97. The zero-order valence-corrected chi connectivity index (χ0v) is 11.9. The molecule has 0 aliphatic heterocycles. The minimum Gasteiger partial charge on any atom is -0.455 e. The van der Waals surface area contributed by atoms with Crippen LogP contribution in [-0.2, 0) is 5.33 Å². The largest absolute Gasteiger partial charge is 0.455 e. The van der Waals surface area contributed by atoms with E-state index in [-0.39, 0.29) is 0 Å². The normalized spacial score (nSPS) is 10.3. The topological polar surface area (TPSA) is 9.23 Å². The molecule has 0 aliphatic rings. The Kier molecular flexibility index (Phi) is 4.32. The molecule has 0 aliphatic carbocycles. The van der Waals surface area contributed by atoms with Gasteiger partial charge in [0.25, 0.3) is 0 Å². The predicted octanol–water partition coefficient (Wildman–Crippen LogP) is 5.68. The van der Waals surface area contributed by atoms with Crippen molar-refractivity contribution in [1.29, 1.82) is 0 Å². The smallest absolute Gasteiger partial charge is 0.146 e. The van der Waals surface area contributed by atoms with Gasteiger partial charge in [0.1, 0.15) is 11.5 Å². The van der Waals surface area contributed by atoms with Crippen molar-refractivity contribution in [2.24, 2.45) is 0 Å². The van der Waals surface area contributed by atoms with E-state index in [9.17, 15) is 0 Å². The summed E-state index contributed by atoms with van der Waals surface area (Å²) >= 11 is 15.4. The van der Waals surface area contributed by atoms with Crippen LogP contribution in [0.1, 0.15) is 5.56 Å². The number of benzene rings is 2. The van der Waals surface area contributed by atoms with E-state index < -0.39 is 0 Å². The first-order valence-corrected chi connectivity index (χ1v) is 6.85. The van der Waals surface area contributed by atoms with Crippen molar-refractivity contribution in [1.82, 2.24) is 0 Å². The van der Waals surface area contributed by atoms with Crippen molar-refractivity contribution >= 4 is 39.1 Å². The highest BCUT2D eigenvalue weighted by Crippen LogP contribution is 2.33. The van der Waals surface area contributed by atoms with Crippen LogP contribution in [0.25, 0.3) is 0 Å². The van der Waals surface area contributed by atoms with Gasteiger partial charge in [0, 0.05) is 15.9 Å². The first-order chi connectivity index (χ1) is 8.20. The third-order valence-corrected chi connectivity index (χ3v) is 3.38. The van der Waals surface area contributed by atoms with E-state index in [1.165, 1.54) is 0 Å². The third kappa shape index (κ3) is 3.15. The van der Waals surface area contributed by atoms with Gasteiger partial charge in [-0.1, -0.05) is 57.3 Å². The Bertz CT molecular complexity index is 529. The van der Waals surface area contributed by atoms with Crippen LogP contribution in [0.4, 0.5) is 0 Å². The molecule has 0 saturated heterocycles. The molecule has 0 unspecified atom stereocenters. The molecule has 2 aromatic carbocycles. The molecule has 2 aromatic rings. The number of hydrogen-bond acceptors (Lipinski definition) is 1. The zero-order valence-electron chi connectivity index (χ0n) is 8.79. The van der Waals surface area contributed by atoms with Crippen LogP contribution in [0, 0.1) is 0 Å². The molecule has 2 rings (SSSR count). The van der Waals surface area contributed by atoms with Gasteiger partial charge in [0.15, 0.2) is 0 Å². The lowest BCUT2D eigenvalue weighted by Gasteiger charge is -2.11. The van der Waals surface area contributed by atoms with E-state index in [0.717, 1.165) is 5.56 Å². The monoisotopic (exact) mass is 330 g/mol. The van der Waals surface area contributed by atoms with Gasteiger partial charge in [-0.05, 0) is 24.3 Å². The summed E-state index contributed by atoms with van der Waals surface area (Å²) in [5, 5.41) is 1.91. The molecular formula is C13H9BrCl2O. The maximum absolute atomic E-state index is 6.04. The summed E-state index contributed by atoms with van der Waals surface area (Å²) < 4.78 is 5.77. The highest BCUT2D eigenvalue weighted by atomic mass is 79.9. The number of para-hydroxylation sites is 1.